The van der Waals surface area contributed by atoms with Crippen molar-refractivity contribution in [2.45, 2.75) is 12.6 Å². The molecule has 2 saturated heterocycles. The second kappa shape index (κ2) is 8.62. The normalized spacial score (nSPS) is 23.7. The molecule has 2 aliphatic rings. The monoisotopic (exact) mass is 361 g/mol. The number of carboxylic acids is 1. The van der Waals surface area contributed by atoms with Crippen LogP contribution in [0.3, 0.4) is 0 Å². The number of fused-ring (bicyclic) bond motifs is 3. The van der Waals surface area contributed by atoms with E-state index in [1.807, 2.05) is 39.9 Å². The Labute approximate surface area is 154 Å². The molecule has 1 amide bonds. The van der Waals surface area contributed by atoms with Gasteiger partial charge in [0.25, 0.3) is 0 Å². The summed E-state index contributed by atoms with van der Waals surface area (Å²) in [6.45, 7) is 3.97. The number of rotatable bonds is 6. The van der Waals surface area contributed by atoms with E-state index in [0.29, 0.717) is 39.4 Å². The molecule has 26 heavy (non-hydrogen) atoms. The molecule has 0 unspecified atom stereocenters. The van der Waals surface area contributed by atoms with Crippen LogP contribution in [0.1, 0.15) is 5.56 Å². The van der Waals surface area contributed by atoms with Crippen molar-refractivity contribution in [3.8, 4) is 0 Å². The molecule has 1 aromatic carbocycles. The Morgan fingerprint density at radius 2 is 1.96 bits per heavy atom. The van der Waals surface area contributed by atoms with E-state index in [4.69, 9.17) is 9.84 Å². The molecule has 1 aromatic rings. The van der Waals surface area contributed by atoms with Crippen LogP contribution in [0.2, 0.25) is 0 Å². The van der Waals surface area contributed by atoms with Crippen LogP contribution >= 0.6 is 0 Å². The molecule has 0 radical (unpaired) electrons. The maximum absolute atomic E-state index is 12.8. The molecule has 0 aliphatic carbocycles. The van der Waals surface area contributed by atoms with Crippen LogP contribution in [0.15, 0.2) is 30.3 Å². The zero-order chi connectivity index (χ0) is 18.5. The van der Waals surface area contributed by atoms with Gasteiger partial charge in [0.1, 0.15) is 0 Å². The fourth-order valence-corrected chi connectivity index (χ4v) is 3.78. The Bertz CT molecular complexity index is 624. The molecule has 7 nitrogen and oxygen atoms in total. The average molecular weight is 361 g/mol. The van der Waals surface area contributed by atoms with Crippen LogP contribution in [0, 0.1) is 5.92 Å². The first-order valence-corrected chi connectivity index (χ1v) is 9.05. The molecule has 142 valence electrons. The number of amides is 1. The Kier molecular flexibility index (Phi) is 6.24. The summed E-state index contributed by atoms with van der Waals surface area (Å²) in [4.78, 5) is 29.8. The van der Waals surface area contributed by atoms with Gasteiger partial charge in [0.2, 0.25) is 5.91 Å². The molecule has 2 atom stereocenters. The number of hydrogen-bond donors (Lipinski definition) is 1. The Balaban J connectivity index is 1.60. The number of nitrogens with zero attached hydrogens (tertiary/aromatic N) is 3. The number of carbonyl (C=O) groups excluding carboxylic acids is 1. The summed E-state index contributed by atoms with van der Waals surface area (Å²) in [6.07, 6.45) is 0. The summed E-state index contributed by atoms with van der Waals surface area (Å²) in [5.41, 5.74) is 1.18. The molecule has 0 saturated carbocycles. The number of carboxylic acid groups (broad SMARTS) is 1. The summed E-state index contributed by atoms with van der Waals surface area (Å²) >= 11 is 0. The number of aliphatic carboxylic acids is 1. The topological polar surface area (TPSA) is 73.3 Å². The van der Waals surface area contributed by atoms with Crippen LogP contribution in [-0.2, 0) is 20.9 Å². The summed E-state index contributed by atoms with van der Waals surface area (Å²) in [7, 11) is 1.95. The molecule has 1 N–H and O–H groups in total. The van der Waals surface area contributed by atoms with E-state index in [1.54, 1.807) is 0 Å². The summed E-state index contributed by atoms with van der Waals surface area (Å²) in [5.74, 6) is -0.583. The molecular weight excluding hydrogens is 334 g/mol. The van der Waals surface area contributed by atoms with Gasteiger partial charge in [0.05, 0.1) is 32.3 Å². The molecule has 0 spiro atoms. The van der Waals surface area contributed by atoms with Crippen LogP contribution in [0.5, 0.6) is 0 Å². The van der Waals surface area contributed by atoms with E-state index >= 15 is 0 Å². The quantitative estimate of drug-likeness (QED) is 0.789. The van der Waals surface area contributed by atoms with Gasteiger partial charge in [0.15, 0.2) is 0 Å². The number of hydrogen-bond acceptors (Lipinski definition) is 5. The zero-order valence-electron chi connectivity index (χ0n) is 15.2. The van der Waals surface area contributed by atoms with Gasteiger partial charge in [-0.05, 0) is 12.6 Å². The number of likely N-dealkylation sites (N-methyl/N-ethyl adjacent to an activating group) is 1. The predicted molar refractivity (Wildman–Crippen MR) is 96.7 cm³/mol. The Morgan fingerprint density at radius 3 is 2.69 bits per heavy atom. The van der Waals surface area contributed by atoms with Crippen molar-refractivity contribution in [2.75, 3.05) is 53.0 Å². The minimum absolute atomic E-state index is 0.000463. The van der Waals surface area contributed by atoms with E-state index in [9.17, 15) is 9.59 Å². The maximum atomic E-state index is 12.8. The minimum Gasteiger partial charge on any atom is -0.480 e. The SMILES string of the molecule is CN(CC(=O)N1C[C@@H]2COC[C@H](C1)N(CC(=O)O)C2)Cc1ccccc1. The molecule has 3 rings (SSSR count). The van der Waals surface area contributed by atoms with Crippen LogP contribution < -0.4 is 0 Å². The van der Waals surface area contributed by atoms with Gasteiger partial charge < -0.3 is 14.7 Å². The Morgan fingerprint density at radius 1 is 1.19 bits per heavy atom. The molecule has 0 aromatic heterocycles. The highest BCUT2D eigenvalue weighted by Crippen LogP contribution is 2.20. The Hall–Kier alpha value is -1.96. The van der Waals surface area contributed by atoms with Crippen LogP contribution in [0.4, 0.5) is 0 Å². The van der Waals surface area contributed by atoms with Crippen molar-refractivity contribution in [1.29, 1.82) is 0 Å². The lowest BCUT2D eigenvalue weighted by atomic mass is 10.1. The van der Waals surface area contributed by atoms with Crippen LogP contribution in [0.25, 0.3) is 0 Å². The number of benzene rings is 1. The van der Waals surface area contributed by atoms with Gasteiger partial charge in [-0.25, -0.2) is 0 Å². The third kappa shape index (κ3) is 5.03. The lowest BCUT2D eigenvalue weighted by molar-refractivity contribution is -0.139. The molecule has 2 heterocycles. The summed E-state index contributed by atoms with van der Waals surface area (Å²) < 4.78 is 5.68. The fraction of sp³-hybridized carbons (Fsp3) is 0.579. The highest BCUT2D eigenvalue weighted by atomic mass is 16.5. The second-order valence-corrected chi connectivity index (χ2v) is 7.34. The number of ether oxygens (including phenoxy) is 1. The van der Waals surface area contributed by atoms with Crippen molar-refractivity contribution < 1.29 is 19.4 Å². The van der Waals surface area contributed by atoms with Gasteiger partial charge >= 0.3 is 5.97 Å². The number of carbonyl (C=O) groups is 2. The third-order valence-corrected chi connectivity index (χ3v) is 4.97. The molecular formula is C19H27N3O4. The van der Waals surface area contributed by atoms with Crippen molar-refractivity contribution in [2.24, 2.45) is 5.92 Å². The van der Waals surface area contributed by atoms with Gasteiger partial charge in [-0.15, -0.1) is 0 Å². The highest BCUT2D eigenvalue weighted by Gasteiger charge is 2.35. The van der Waals surface area contributed by atoms with Crippen molar-refractivity contribution in [3.63, 3.8) is 0 Å². The lowest BCUT2D eigenvalue weighted by Crippen LogP contribution is -2.48. The first kappa shape index (κ1) is 18.8. The summed E-state index contributed by atoms with van der Waals surface area (Å²) in [5, 5.41) is 9.14. The lowest BCUT2D eigenvalue weighted by Gasteiger charge is -2.31. The minimum atomic E-state index is -0.835. The van der Waals surface area contributed by atoms with E-state index in [1.165, 1.54) is 5.56 Å². The van der Waals surface area contributed by atoms with Gasteiger partial charge in [0, 0.05) is 32.1 Å². The molecule has 2 aliphatic heterocycles. The smallest absolute Gasteiger partial charge is 0.317 e. The first-order chi connectivity index (χ1) is 12.5. The van der Waals surface area contributed by atoms with Gasteiger partial charge in [-0.2, -0.15) is 0 Å². The van der Waals surface area contributed by atoms with Gasteiger partial charge in [-0.1, -0.05) is 30.3 Å². The fourth-order valence-electron chi connectivity index (χ4n) is 3.78. The highest BCUT2D eigenvalue weighted by molar-refractivity contribution is 5.78. The molecule has 2 fully saturated rings. The third-order valence-electron chi connectivity index (χ3n) is 4.97. The van der Waals surface area contributed by atoms with E-state index < -0.39 is 5.97 Å². The largest absolute Gasteiger partial charge is 0.480 e. The summed E-state index contributed by atoms with van der Waals surface area (Å²) in [6, 6.07) is 10.0. The predicted octanol–water partition coefficient (Wildman–Crippen LogP) is 0.362. The average Bonchev–Trinajstić information content (AvgIpc) is 2.84. The van der Waals surface area contributed by atoms with E-state index in [0.717, 1.165) is 6.54 Å². The van der Waals surface area contributed by atoms with Crippen molar-refractivity contribution in [1.82, 2.24) is 14.7 Å². The first-order valence-electron chi connectivity index (χ1n) is 9.05. The second-order valence-electron chi connectivity index (χ2n) is 7.34. The van der Waals surface area contributed by atoms with Crippen LogP contribution in [-0.4, -0.2) is 90.7 Å². The van der Waals surface area contributed by atoms with Gasteiger partial charge in [-0.3, -0.25) is 19.4 Å². The van der Waals surface area contributed by atoms with Crippen molar-refractivity contribution >= 4 is 11.9 Å². The molecule has 7 heteroatoms. The molecule has 2 bridgehead atoms. The maximum Gasteiger partial charge on any atom is 0.317 e. The van der Waals surface area contributed by atoms with Crippen molar-refractivity contribution in [3.05, 3.63) is 35.9 Å². The van der Waals surface area contributed by atoms with E-state index in [-0.39, 0.29) is 24.4 Å². The zero-order valence-corrected chi connectivity index (χ0v) is 15.2. The van der Waals surface area contributed by atoms with E-state index in [2.05, 4.69) is 12.1 Å². The standard InChI is InChI=1S/C19H27N3O4/c1-20(7-15-5-3-2-4-6-15)11-18(23)22-9-16-8-21(12-19(24)25)17(10-22)14-26-13-16/h2-6,16-17H,7-14H2,1H3,(H,24,25)/t16-,17+/m1/s1.